The van der Waals surface area contributed by atoms with Gasteiger partial charge in [-0.15, -0.1) is 0 Å². The molecule has 0 aliphatic rings. The molecule has 0 aliphatic heterocycles. The summed E-state index contributed by atoms with van der Waals surface area (Å²) < 4.78 is 13.0. The standard InChI is InChI=1S/C14H9I3O4/c1-20-8-4-7(18)5-9(6-8)21-14(19)12-10(15)2-3-11(16)13(12)17/h2-6,18H,1H3. The Bertz CT molecular complexity index is 701. The first-order valence-electron chi connectivity index (χ1n) is 5.66. The monoisotopic (exact) mass is 622 g/mol. The van der Waals surface area contributed by atoms with E-state index in [0.29, 0.717) is 11.3 Å². The van der Waals surface area contributed by atoms with Crippen LogP contribution in [0, 0.1) is 10.7 Å². The van der Waals surface area contributed by atoms with Gasteiger partial charge in [0.15, 0.2) is 0 Å². The molecule has 0 heterocycles. The first-order valence-corrected chi connectivity index (χ1v) is 8.89. The highest BCUT2D eigenvalue weighted by atomic mass is 127. The Labute approximate surface area is 162 Å². The molecule has 0 amide bonds. The molecular weight excluding hydrogens is 613 g/mol. The van der Waals surface area contributed by atoms with Crippen LogP contribution in [0.25, 0.3) is 0 Å². The second-order valence-corrected chi connectivity index (χ2v) is 7.38. The Hall–Kier alpha value is -0.300. The Kier molecular flexibility index (Phi) is 5.94. The second-order valence-electron chi connectivity index (χ2n) is 3.97. The number of phenolic OH excluding ortho intramolecular Hbond substituents is 1. The van der Waals surface area contributed by atoms with E-state index in [-0.39, 0.29) is 11.5 Å². The number of rotatable bonds is 3. The summed E-state index contributed by atoms with van der Waals surface area (Å²) in [6, 6.07) is 8.16. The summed E-state index contributed by atoms with van der Waals surface area (Å²) in [5.74, 6) is 0.173. The molecule has 0 fully saturated rings. The Morgan fingerprint density at radius 2 is 1.67 bits per heavy atom. The van der Waals surface area contributed by atoms with Gasteiger partial charge in [0.2, 0.25) is 0 Å². The van der Waals surface area contributed by atoms with Crippen molar-refractivity contribution in [2.75, 3.05) is 7.11 Å². The molecular formula is C14H9I3O4. The fraction of sp³-hybridized carbons (Fsp3) is 0.0714. The number of methoxy groups -OCH3 is 1. The van der Waals surface area contributed by atoms with Crippen molar-refractivity contribution >= 4 is 73.7 Å². The first kappa shape index (κ1) is 17.1. The minimum absolute atomic E-state index is 0.0239. The molecule has 0 atom stereocenters. The van der Waals surface area contributed by atoms with Crippen LogP contribution >= 0.6 is 67.8 Å². The fourth-order valence-electron chi connectivity index (χ4n) is 1.61. The zero-order chi connectivity index (χ0) is 15.6. The maximum absolute atomic E-state index is 12.4. The summed E-state index contributed by atoms with van der Waals surface area (Å²) in [5, 5.41) is 9.59. The summed E-state index contributed by atoms with van der Waals surface area (Å²) in [4.78, 5) is 12.4. The van der Waals surface area contributed by atoms with E-state index >= 15 is 0 Å². The van der Waals surface area contributed by atoms with Crippen LogP contribution < -0.4 is 9.47 Å². The summed E-state index contributed by atoms with van der Waals surface area (Å²) in [7, 11) is 1.48. The first-order chi connectivity index (χ1) is 9.92. The molecule has 0 bridgehead atoms. The average Bonchev–Trinajstić information content (AvgIpc) is 2.42. The van der Waals surface area contributed by atoms with E-state index in [2.05, 4.69) is 67.8 Å². The maximum Gasteiger partial charge on any atom is 0.345 e. The zero-order valence-corrected chi connectivity index (χ0v) is 17.2. The van der Waals surface area contributed by atoms with Gasteiger partial charge in [-0.2, -0.15) is 0 Å². The van der Waals surface area contributed by atoms with Crippen molar-refractivity contribution in [1.82, 2.24) is 0 Å². The number of halogens is 3. The van der Waals surface area contributed by atoms with Crippen LogP contribution in [0.15, 0.2) is 30.3 Å². The number of ether oxygens (including phenoxy) is 2. The number of phenols is 1. The van der Waals surface area contributed by atoms with E-state index in [1.807, 2.05) is 12.1 Å². The Morgan fingerprint density at radius 3 is 2.33 bits per heavy atom. The Balaban J connectivity index is 2.35. The van der Waals surface area contributed by atoms with Crippen molar-refractivity contribution in [3.8, 4) is 17.2 Å². The van der Waals surface area contributed by atoms with Gasteiger partial charge in [0.25, 0.3) is 0 Å². The lowest BCUT2D eigenvalue weighted by molar-refractivity contribution is 0.0732. The van der Waals surface area contributed by atoms with Crippen molar-refractivity contribution in [3.63, 3.8) is 0 Å². The summed E-state index contributed by atoms with van der Waals surface area (Å²) in [6.45, 7) is 0. The van der Waals surface area contributed by atoms with Gasteiger partial charge in [-0.1, -0.05) is 0 Å². The van der Waals surface area contributed by atoms with Crippen molar-refractivity contribution in [2.45, 2.75) is 0 Å². The molecule has 4 nitrogen and oxygen atoms in total. The van der Waals surface area contributed by atoms with Crippen molar-refractivity contribution < 1.29 is 19.4 Å². The van der Waals surface area contributed by atoms with Gasteiger partial charge in [-0.25, -0.2) is 4.79 Å². The van der Waals surface area contributed by atoms with Gasteiger partial charge in [0, 0.05) is 28.9 Å². The average molecular weight is 622 g/mol. The van der Waals surface area contributed by atoms with Crippen LogP contribution in [-0.2, 0) is 0 Å². The molecule has 0 unspecified atom stereocenters. The van der Waals surface area contributed by atoms with Gasteiger partial charge in [0.05, 0.1) is 12.7 Å². The summed E-state index contributed by atoms with van der Waals surface area (Å²) in [5.41, 5.74) is 0.519. The molecule has 7 heteroatoms. The topological polar surface area (TPSA) is 55.8 Å². The number of hydrogen-bond acceptors (Lipinski definition) is 4. The van der Waals surface area contributed by atoms with Gasteiger partial charge < -0.3 is 14.6 Å². The molecule has 110 valence electrons. The van der Waals surface area contributed by atoms with Crippen LogP contribution in [-0.4, -0.2) is 18.2 Å². The molecule has 0 radical (unpaired) electrons. The predicted octanol–water partition coefficient (Wildman–Crippen LogP) is 4.43. The van der Waals surface area contributed by atoms with Crippen LogP contribution in [0.2, 0.25) is 0 Å². The van der Waals surface area contributed by atoms with E-state index in [1.165, 1.54) is 19.2 Å². The normalized spacial score (nSPS) is 10.3. The minimum Gasteiger partial charge on any atom is -0.508 e. The molecule has 0 saturated heterocycles. The van der Waals surface area contributed by atoms with E-state index in [4.69, 9.17) is 9.47 Å². The van der Waals surface area contributed by atoms with Crippen molar-refractivity contribution in [2.24, 2.45) is 0 Å². The maximum atomic E-state index is 12.4. The van der Waals surface area contributed by atoms with Crippen LogP contribution in [0.3, 0.4) is 0 Å². The molecule has 0 aromatic heterocycles. The summed E-state index contributed by atoms with van der Waals surface area (Å²) in [6.07, 6.45) is 0. The molecule has 2 aromatic rings. The summed E-state index contributed by atoms with van der Waals surface area (Å²) >= 11 is 6.39. The van der Waals surface area contributed by atoms with E-state index in [9.17, 15) is 9.90 Å². The quantitative estimate of drug-likeness (QED) is 0.239. The molecule has 0 saturated carbocycles. The number of aromatic hydroxyl groups is 1. The number of hydrogen-bond donors (Lipinski definition) is 1. The number of esters is 1. The molecule has 2 aromatic carbocycles. The van der Waals surface area contributed by atoms with Crippen molar-refractivity contribution in [3.05, 3.63) is 46.6 Å². The SMILES string of the molecule is COc1cc(O)cc(OC(=O)c2c(I)ccc(I)c2I)c1. The van der Waals surface area contributed by atoms with Crippen LogP contribution in [0.5, 0.6) is 17.2 Å². The zero-order valence-electron chi connectivity index (χ0n) is 10.7. The number of benzene rings is 2. The highest BCUT2D eigenvalue weighted by Crippen LogP contribution is 2.29. The third-order valence-electron chi connectivity index (χ3n) is 2.56. The van der Waals surface area contributed by atoms with Crippen LogP contribution in [0.4, 0.5) is 0 Å². The predicted molar refractivity (Wildman–Crippen MR) is 104 cm³/mol. The van der Waals surface area contributed by atoms with Gasteiger partial charge in [-0.3, -0.25) is 0 Å². The van der Waals surface area contributed by atoms with Gasteiger partial charge >= 0.3 is 5.97 Å². The fourth-order valence-corrected chi connectivity index (χ4v) is 3.93. The highest BCUT2D eigenvalue weighted by molar-refractivity contribution is 14.1. The van der Waals surface area contributed by atoms with E-state index in [0.717, 1.165) is 10.7 Å². The van der Waals surface area contributed by atoms with E-state index in [1.54, 1.807) is 6.07 Å². The molecule has 0 spiro atoms. The molecule has 0 aliphatic carbocycles. The van der Waals surface area contributed by atoms with Gasteiger partial charge in [0.1, 0.15) is 17.2 Å². The lowest BCUT2D eigenvalue weighted by Crippen LogP contribution is -2.13. The highest BCUT2D eigenvalue weighted by Gasteiger charge is 2.19. The number of carbonyl (C=O) groups is 1. The molecule has 2 rings (SSSR count). The van der Waals surface area contributed by atoms with E-state index < -0.39 is 5.97 Å². The minimum atomic E-state index is -0.463. The smallest absolute Gasteiger partial charge is 0.345 e. The lowest BCUT2D eigenvalue weighted by Gasteiger charge is -2.10. The Morgan fingerprint density at radius 1 is 1.05 bits per heavy atom. The largest absolute Gasteiger partial charge is 0.508 e. The van der Waals surface area contributed by atoms with Crippen LogP contribution in [0.1, 0.15) is 10.4 Å². The molecule has 21 heavy (non-hydrogen) atoms. The number of carbonyl (C=O) groups excluding carboxylic acids is 1. The third kappa shape index (κ3) is 4.12. The third-order valence-corrected chi connectivity index (χ3v) is 6.51. The van der Waals surface area contributed by atoms with Crippen molar-refractivity contribution in [1.29, 1.82) is 0 Å². The van der Waals surface area contributed by atoms with Gasteiger partial charge in [-0.05, 0) is 79.9 Å². The lowest BCUT2D eigenvalue weighted by atomic mass is 10.2. The second kappa shape index (κ2) is 7.31. The molecule has 1 N–H and O–H groups in total.